The molecule has 0 aromatic heterocycles. The minimum Gasteiger partial charge on any atom is -0.301 e. The molecule has 0 unspecified atom stereocenters. The van der Waals surface area contributed by atoms with Crippen molar-refractivity contribution in [3.05, 3.63) is 0 Å². The van der Waals surface area contributed by atoms with Crippen molar-refractivity contribution in [2.75, 3.05) is 13.1 Å². The summed E-state index contributed by atoms with van der Waals surface area (Å²) in [5.74, 6) is 1.86. The molecule has 0 heterocycles. The van der Waals surface area contributed by atoms with E-state index in [4.69, 9.17) is 0 Å². The summed E-state index contributed by atoms with van der Waals surface area (Å²) in [7, 11) is 0. The van der Waals surface area contributed by atoms with Gasteiger partial charge in [0, 0.05) is 6.04 Å². The second-order valence-corrected chi connectivity index (χ2v) is 5.05. The lowest BCUT2D eigenvalue weighted by Crippen LogP contribution is -2.39. The van der Waals surface area contributed by atoms with Crippen LogP contribution in [-0.2, 0) is 0 Å². The van der Waals surface area contributed by atoms with Gasteiger partial charge in [-0.2, -0.15) is 0 Å². The van der Waals surface area contributed by atoms with Crippen LogP contribution < -0.4 is 0 Å². The fourth-order valence-electron chi connectivity index (χ4n) is 2.88. The Morgan fingerprint density at radius 1 is 1.14 bits per heavy atom. The molecule has 0 aromatic rings. The van der Waals surface area contributed by atoms with Crippen LogP contribution in [0.2, 0.25) is 0 Å². The van der Waals surface area contributed by atoms with Gasteiger partial charge in [-0.25, -0.2) is 0 Å². The van der Waals surface area contributed by atoms with E-state index in [-0.39, 0.29) is 0 Å². The van der Waals surface area contributed by atoms with Crippen molar-refractivity contribution in [3.8, 4) is 0 Å². The van der Waals surface area contributed by atoms with Crippen molar-refractivity contribution in [1.29, 1.82) is 0 Å². The van der Waals surface area contributed by atoms with Gasteiger partial charge >= 0.3 is 0 Å². The highest BCUT2D eigenvalue weighted by molar-refractivity contribution is 4.80. The molecule has 1 rings (SSSR count). The van der Waals surface area contributed by atoms with Gasteiger partial charge in [-0.1, -0.05) is 40.5 Å². The summed E-state index contributed by atoms with van der Waals surface area (Å²) in [4.78, 5) is 2.65. The number of hydrogen-bond donors (Lipinski definition) is 0. The van der Waals surface area contributed by atoms with Crippen LogP contribution in [-0.4, -0.2) is 24.0 Å². The molecule has 0 aromatic carbocycles. The summed E-state index contributed by atoms with van der Waals surface area (Å²) >= 11 is 0. The van der Waals surface area contributed by atoms with Gasteiger partial charge in [0.05, 0.1) is 0 Å². The molecular formula is C13H27N. The average Bonchev–Trinajstić information content (AvgIpc) is 2.20. The lowest BCUT2D eigenvalue weighted by atomic mass is 9.79. The lowest BCUT2D eigenvalue weighted by Gasteiger charge is -2.38. The molecule has 1 aliphatic carbocycles. The molecule has 1 fully saturated rings. The maximum atomic E-state index is 2.65. The predicted octanol–water partition coefficient (Wildman–Crippen LogP) is 3.54. The molecule has 1 nitrogen and oxygen atoms in total. The summed E-state index contributed by atoms with van der Waals surface area (Å²) < 4.78 is 0. The van der Waals surface area contributed by atoms with Crippen LogP contribution in [0.5, 0.6) is 0 Å². The van der Waals surface area contributed by atoms with Crippen molar-refractivity contribution in [3.63, 3.8) is 0 Å². The Morgan fingerprint density at radius 2 is 1.79 bits per heavy atom. The Balaban J connectivity index is 2.46. The van der Waals surface area contributed by atoms with E-state index < -0.39 is 0 Å². The fraction of sp³-hybridized carbons (Fsp3) is 1.00. The molecule has 84 valence electrons. The lowest BCUT2D eigenvalue weighted by molar-refractivity contribution is 0.124. The van der Waals surface area contributed by atoms with E-state index in [1.807, 2.05) is 0 Å². The van der Waals surface area contributed by atoms with Crippen LogP contribution in [0.15, 0.2) is 0 Å². The number of rotatable bonds is 4. The standard InChI is InChI=1S/C13H27N/c1-5-14(6-2)13-9-7-8-12(10-13)11(3)4/h11-13H,5-10H2,1-4H3/t12-,13-/m0/s1. The first-order valence-electron chi connectivity index (χ1n) is 6.43. The second kappa shape index (κ2) is 5.75. The highest BCUT2D eigenvalue weighted by Gasteiger charge is 2.26. The third-order valence-corrected chi connectivity index (χ3v) is 3.96. The largest absolute Gasteiger partial charge is 0.301 e. The van der Waals surface area contributed by atoms with E-state index in [1.54, 1.807) is 0 Å². The minimum atomic E-state index is 0.881. The zero-order valence-corrected chi connectivity index (χ0v) is 10.4. The predicted molar refractivity (Wildman–Crippen MR) is 63.5 cm³/mol. The minimum absolute atomic E-state index is 0.881. The molecule has 0 saturated heterocycles. The van der Waals surface area contributed by atoms with Crippen LogP contribution >= 0.6 is 0 Å². The van der Waals surface area contributed by atoms with Crippen molar-refractivity contribution in [2.24, 2.45) is 11.8 Å². The zero-order valence-electron chi connectivity index (χ0n) is 10.4. The summed E-state index contributed by atoms with van der Waals surface area (Å²) in [5, 5.41) is 0. The maximum Gasteiger partial charge on any atom is 0.00977 e. The Hall–Kier alpha value is -0.0400. The zero-order chi connectivity index (χ0) is 10.6. The fourth-order valence-corrected chi connectivity index (χ4v) is 2.88. The van der Waals surface area contributed by atoms with Gasteiger partial charge in [0.1, 0.15) is 0 Å². The molecule has 0 N–H and O–H groups in total. The maximum absolute atomic E-state index is 2.65. The molecule has 14 heavy (non-hydrogen) atoms. The van der Waals surface area contributed by atoms with Gasteiger partial charge in [-0.15, -0.1) is 0 Å². The van der Waals surface area contributed by atoms with Gasteiger partial charge < -0.3 is 4.90 Å². The van der Waals surface area contributed by atoms with Crippen molar-refractivity contribution >= 4 is 0 Å². The van der Waals surface area contributed by atoms with E-state index in [0.29, 0.717) is 0 Å². The molecule has 1 saturated carbocycles. The topological polar surface area (TPSA) is 3.24 Å². The number of nitrogens with zero attached hydrogens (tertiary/aromatic N) is 1. The van der Waals surface area contributed by atoms with Crippen LogP contribution in [0.1, 0.15) is 53.4 Å². The van der Waals surface area contributed by atoms with Gasteiger partial charge in [0.15, 0.2) is 0 Å². The van der Waals surface area contributed by atoms with Crippen LogP contribution in [0.3, 0.4) is 0 Å². The molecule has 0 amide bonds. The smallest absolute Gasteiger partial charge is 0.00977 e. The Bertz CT molecular complexity index is 149. The van der Waals surface area contributed by atoms with Crippen molar-refractivity contribution < 1.29 is 0 Å². The van der Waals surface area contributed by atoms with Gasteiger partial charge in [-0.05, 0) is 37.8 Å². The Kier molecular flexibility index (Phi) is 4.94. The second-order valence-electron chi connectivity index (χ2n) is 5.05. The molecule has 1 heteroatoms. The van der Waals surface area contributed by atoms with E-state index >= 15 is 0 Å². The van der Waals surface area contributed by atoms with Crippen LogP contribution in [0.4, 0.5) is 0 Å². The molecule has 2 atom stereocenters. The van der Waals surface area contributed by atoms with Gasteiger partial charge in [-0.3, -0.25) is 0 Å². The molecular weight excluding hydrogens is 170 g/mol. The highest BCUT2D eigenvalue weighted by Crippen LogP contribution is 2.32. The first-order valence-corrected chi connectivity index (χ1v) is 6.43. The Morgan fingerprint density at radius 3 is 2.29 bits per heavy atom. The SMILES string of the molecule is CCN(CC)[C@H]1CCC[C@H](C(C)C)C1. The van der Waals surface area contributed by atoms with Crippen molar-refractivity contribution in [1.82, 2.24) is 4.90 Å². The van der Waals surface area contributed by atoms with E-state index in [2.05, 4.69) is 32.6 Å². The van der Waals surface area contributed by atoms with E-state index in [1.165, 1.54) is 38.8 Å². The monoisotopic (exact) mass is 197 g/mol. The Labute approximate surface area is 89.9 Å². The molecule has 0 radical (unpaired) electrons. The van der Waals surface area contributed by atoms with E-state index in [0.717, 1.165) is 17.9 Å². The van der Waals surface area contributed by atoms with Crippen LogP contribution in [0.25, 0.3) is 0 Å². The van der Waals surface area contributed by atoms with Gasteiger partial charge in [0.25, 0.3) is 0 Å². The third-order valence-electron chi connectivity index (χ3n) is 3.96. The first kappa shape index (κ1) is 12.0. The molecule has 1 aliphatic rings. The van der Waals surface area contributed by atoms with Crippen molar-refractivity contribution in [2.45, 2.75) is 59.4 Å². The summed E-state index contributed by atoms with van der Waals surface area (Å²) in [5.41, 5.74) is 0. The highest BCUT2D eigenvalue weighted by atomic mass is 15.1. The summed E-state index contributed by atoms with van der Waals surface area (Å²) in [6.07, 6.45) is 5.80. The molecule has 0 spiro atoms. The number of hydrogen-bond acceptors (Lipinski definition) is 1. The molecule has 0 aliphatic heterocycles. The summed E-state index contributed by atoms with van der Waals surface area (Å²) in [6, 6.07) is 0.881. The first-order chi connectivity index (χ1) is 6.69. The quantitative estimate of drug-likeness (QED) is 0.666. The van der Waals surface area contributed by atoms with Crippen LogP contribution in [0, 0.1) is 11.8 Å². The normalized spacial score (nSPS) is 28.7. The third kappa shape index (κ3) is 2.98. The average molecular weight is 197 g/mol. The van der Waals surface area contributed by atoms with Gasteiger partial charge in [0.2, 0.25) is 0 Å². The summed E-state index contributed by atoms with van der Waals surface area (Å²) in [6.45, 7) is 11.8. The molecule has 0 bridgehead atoms. The van der Waals surface area contributed by atoms with E-state index in [9.17, 15) is 0 Å².